The fourth-order valence-electron chi connectivity index (χ4n) is 2.04. The standard InChI is InChI=1S/C11H16BrNO/c1-8-5-11(12)14-10(8)6-9-3-2-4-13-7-9/h5,9,13H,2-4,6-7H2,1H3. The summed E-state index contributed by atoms with van der Waals surface area (Å²) in [6.45, 7) is 4.43. The summed E-state index contributed by atoms with van der Waals surface area (Å²) in [5, 5.41) is 3.43. The third kappa shape index (κ3) is 2.39. The molecule has 2 nitrogen and oxygen atoms in total. The Labute approximate surface area is 93.2 Å². The number of piperidine rings is 1. The first-order valence-electron chi connectivity index (χ1n) is 5.21. The van der Waals surface area contributed by atoms with Crippen LogP contribution in [0.4, 0.5) is 0 Å². The molecule has 14 heavy (non-hydrogen) atoms. The van der Waals surface area contributed by atoms with Crippen LogP contribution >= 0.6 is 15.9 Å². The largest absolute Gasteiger partial charge is 0.454 e. The van der Waals surface area contributed by atoms with Gasteiger partial charge in [0.25, 0.3) is 0 Å². The van der Waals surface area contributed by atoms with Crippen LogP contribution in [0.2, 0.25) is 0 Å². The van der Waals surface area contributed by atoms with Crippen LogP contribution in [-0.4, -0.2) is 13.1 Å². The van der Waals surface area contributed by atoms with Gasteiger partial charge in [0.1, 0.15) is 5.76 Å². The van der Waals surface area contributed by atoms with Crippen LogP contribution < -0.4 is 5.32 Å². The van der Waals surface area contributed by atoms with Crippen molar-refractivity contribution in [2.24, 2.45) is 5.92 Å². The minimum Gasteiger partial charge on any atom is -0.454 e. The smallest absolute Gasteiger partial charge is 0.169 e. The summed E-state index contributed by atoms with van der Waals surface area (Å²) in [6.07, 6.45) is 3.70. The zero-order valence-corrected chi connectivity index (χ0v) is 10.1. The lowest BCUT2D eigenvalue weighted by Crippen LogP contribution is -2.30. The van der Waals surface area contributed by atoms with E-state index in [0.29, 0.717) is 0 Å². The lowest BCUT2D eigenvalue weighted by atomic mass is 9.94. The average Bonchev–Trinajstić information content (AvgIpc) is 2.47. The summed E-state index contributed by atoms with van der Waals surface area (Å²) in [7, 11) is 0. The van der Waals surface area contributed by atoms with Crippen molar-refractivity contribution in [1.29, 1.82) is 0 Å². The summed E-state index contributed by atoms with van der Waals surface area (Å²) in [5.74, 6) is 1.89. The Morgan fingerprint density at radius 2 is 2.50 bits per heavy atom. The predicted molar refractivity (Wildman–Crippen MR) is 60.4 cm³/mol. The van der Waals surface area contributed by atoms with E-state index in [2.05, 4.69) is 28.2 Å². The molecule has 2 heterocycles. The van der Waals surface area contributed by atoms with Gasteiger partial charge in [-0.05, 0) is 66.3 Å². The predicted octanol–water partition coefficient (Wildman–Crippen LogP) is 2.89. The molecule has 1 saturated heterocycles. The van der Waals surface area contributed by atoms with E-state index in [1.165, 1.54) is 24.9 Å². The molecule has 1 aromatic rings. The molecule has 1 N–H and O–H groups in total. The molecule has 2 rings (SSSR count). The number of hydrogen-bond donors (Lipinski definition) is 1. The van der Waals surface area contributed by atoms with Crippen LogP contribution in [0.15, 0.2) is 15.2 Å². The molecule has 0 saturated carbocycles. The highest BCUT2D eigenvalue weighted by Crippen LogP contribution is 2.24. The Balaban J connectivity index is 1.98. The van der Waals surface area contributed by atoms with Crippen molar-refractivity contribution < 1.29 is 4.42 Å². The summed E-state index contributed by atoms with van der Waals surface area (Å²) < 4.78 is 6.46. The fourth-order valence-corrected chi connectivity index (χ4v) is 2.58. The summed E-state index contributed by atoms with van der Waals surface area (Å²) in [6, 6.07) is 2.05. The van der Waals surface area contributed by atoms with Crippen LogP contribution in [-0.2, 0) is 6.42 Å². The molecule has 1 unspecified atom stereocenters. The fraction of sp³-hybridized carbons (Fsp3) is 0.636. The van der Waals surface area contributed by atoms with Crippen molar-refractivity contribution in [3.8, 4) is 0 Å². The quantitative estimate of drug-likeness (QED) is 0.882. The van der Waals surface area contributed by atoms with E-state index < -0.39 is 0 Å². The Hall–Kier alpha value is -0.280. The SMILES string of the molecule is Cc1cc(Br)oc1CC1CCCNC1. The second kappa shape index (κ2) is 4.49. The molecular formula is C11H16BrNO. The molecule has 0 spiro atoms. The maximum absolute atomic E-state index is 5.61. The van der Waals surface area contributed by atoms with Gasteiger partial charge in [-0.1, -0.05) is 0 Å². The highest BCUT2D eigenvalue weighted by molar-refractivity contribution is 9.10. The highest BCUT2D eigenvalue weighted by atomic mass is 79.9. The zero-order valence-electron chi connectivity index (χ0n) is 8.48. The highest BCUT2D eigenvalue weighted by Gasteiger charge is 2.16. The molecule has 1 aliphatic rings. The molecule has 1 aromatic heterocycles. The van der Waals surface area contributed by atoms with E-state index in [1.54, 1.807) is 0 Å². The number of aryl methyl sites for hydroxylation is 1. The molecule has 1 atom stereocenters. The van der Waals surface area contributed by atoms with Crippen LogP contribution in [0.25, 0.3) is 0 Å². The second-order valence-electron chi connectivity index (χ2n) is 4.07. The van der Waals surface area contributed by atoms with E-state index >= 15 is 0 Å². The Morgan fingerprint density at radius 3 is 3.07 bits per heavy atom. The van der Waals surface area contributed by atoms with Crippen LogP contribution in [0, 0.1) is 12.8 Å². The number of nitrogens with one attached hydrogen (secondary N) is 1. The molecule has 0 amide bonds. The van der Waals surface area contributed by atoms with E-state index in [9.17, 15) is 0 Å². The Morgan fingerprint density at radius 1 is 1.64 bits per heavy atom. The van der Waals surface area contributed by atoms with Crippen LogP contribution in [0.3, 0.4) is 0 Å². The van der Waals surface area contributed by atoms with E-state index in [0.717, 1.165) is 29.3 Å². The second-order valence-corrected chi connectivity index (χ2v) is 4.85. The Kier molecular flexibility index (Phi) is 3.29. The molecule has 0 aromatic carbocycles. The summed E-state index contributed by atoms with van der Waals surface area (Å²) in [5.41, 5.74) is 1.27. The average molecular weight is 258 g/mol. The topological polar surface area (TPSA) is 25.2 Å². The lowest BCUT2D eigenvalue weighted by Gasteiger charge is -2.21. The minimum absolute atomic E-state index is 0.750. The van der Waals surface area contributed by atoms with Crippen molar-refractivity contribution in [2.45, 2.75) is 26.2 Å². The molecule has 1 aliphatic heterocycles. The van der Waals surface area contributed by atoms with Gasteiger partial charge in [-0.25, -0.2) is 0 Å². The van der Waals surface area contributed by atoms with Gasteiger partial charge in [-0.15, -0.1) is 0 Å². The van der Waals surface area contributed by atoms with Crippen molar-refractivity contribution in [3.63, 3.8) is 0 Å². The van der Waals surface area contributed by atoms with Crippen molar-refractivity contribution in [2.75, 3.05) is 13.1 Å². The maximum atomic E-state index is 5.61. The van der Waals surface area contributed by atoms with E-state index in [-0.39, 0.29) is 0 Å². The number of furan rings is 1. The zero-order chi connectivity index (χ0) is 9.97. The molecule has 0 radical (unpaired) electrons. The molecule has 78 valence electrons. The van der Waals surface area contributed by atoms with Gasteiger partial charge in [0.2, 0.25) is 0 Å². The van der Waals surface area contributed by atoms with E-state index in [1.807, 2.05) is 6.07 Å². The molecule has 0 bridgehead atoms. The third-order valence-electron chi connectivity index (χ3n) is 2.86. The summed E-state index contributed by atoms with van der Waals surface area (Å²) >= 11 is 3.37. The molecular weight excluding hydrogens is 242 g/mol. The molecule has 1 fully saturated rings. The van der Waals surface area contributed by atoms with Crippen LogP contribution in [0.1, 0.15) is 24.2 Å². The molecule has 3 heteroatoms. The van der Waals surface area contributed by atoms with Crippen LogP contribution in [0.5, 0.6) is 0 Å². The third-order valence-corrected chi connectivity index (χ3v) is 3.25. The van der Waals surface area contributed by atoms with Gasteiger partial charge in [0, 0.05) is 6.42 Å². The first-order chi connectivity index (χ1) is 6.75. The van der Waals surface area contributed by atoms with Gasteiger partial charge >= 0.3 is 0 Å². The number of halogens is 1. The number of hydrogen-bond acceptors (Lipinski definition) is 2. The molecule has 0 aliphatic carbocycles. The van der Waals surface area contributed by atoms with Gasteiger partial charge in [0.15, 0.2) is 4.67 Å². The van der Waals surface area contributed by atoms with E-state index in [4.69, 9.17) is 4.42 Å². The van der Waals surface area contributed by atoms with Gasteiger partial charge in [-0.2, -0.15) is 0 Å². The lowest BCUT2D eigenvalue weighted by molar-refractivity contribution is 0.347. The number of rotatable bonds is 2. The maximum Gasteiger partial charge on any atom is 0.169 e. The van der Waals surface area contributed by atoms with Crippen molar-refractivity contribution in [1.82, 2.24) is 5.32 Å². The Bertz CT molecular complexity index is 302. The first-order valence-corrected chi connectivity index (χ1v) is 6.00. The minimum atomic E-state index is 0.750. The first kappa shape index (κ1) is 10.2. The van der Waals surface area contributed by atoms with Gasteiger partial charge in [0.05, 0.1) is 0 Å². The monoisotopic (exact) mass is 257 g/mol. The normalized spacial score (nSPS) is 22.6. The van der Waals surface area contributed by atoms with Crippen molar-refractivity contribution >= 4 is 15.9 Å². The van der Waals surface area contributed by atoms with Gasteiger partial charge in [-0.3, -0.25) is 0 Å². The van der Waals surface area contributed by atoms with Gasteiger partial charge < -0.3 is 9.73 Å². The van der Waals surface area contributed by atoms with Crippen molar-refractivity contribution in [3.05, 3.63) is 22.1 Å². The summed E-state index contributed by atoms with van der Waals surface area (Å²) in [4.78, 5) is 0.